The maximum Gasteiger partial charge on any atom is 0.104 e. The molecule has 4 rings (SSSR count). The predicted molar refractivity (Wildman–Crippen MR) is 98.5 cm³/mol. The molecule has 23 heavy (non-hydrogen) atoms. The van der Waals surface area contributed by atoms with Crippen LogP contribution in [0.3, 0.4) is 0 Å². The molecule has 0 saturated heterocycles. The molecule has 2 aromatic rings. The molecule has 2 heteroatoms. The van der Waals surface area contributed by atoms with Crippen LogP contribution in [0.5, 0.6) is 0 Å². The van der Waals surface area contributed by atoms with Gasteiger partial charge in [0.05, 0.1) is 11.4 Å². The van der Waals surface area contributed by atoms with Crippen LogP contribution in [0.25, 0.3) is 0 Å². The summed E-state index contributed by atoms with van der Waals surface area (Å²) >= 11 is 0. The lowest BCUT2D eigenvalue weighted by molar-refractivity contribution is 0.654. The van der Waals surface area contributed by atoms with Gasteiger partial charge in [0.1, 0.15) is 6.17 Å². The van der Waals surface area contributed by atoms with Crippen LogP contribution >= 0.6 is 0 Å². The molecule has 1 heterocycles. The number of nitrogens with zero attached hydrogens (tertiary/aromatic N) is 1. The Labute approximate surface area is 138 Å². The van der Waals surface area contributed by atoms with E-state index < -0.39 is 0 Å². The van der Waals surface area contributed by atoms with Crippen LogP contribution in [0, 0.1) is 0 Å². The molecule has 2 nitrogen and oxygen atoms in total. The molecular formula is C21H24N2. The molecule has 1 aliphatic heterocycles. The maximum absolute atomic E-state index is 3.63. The largest absolute Gasteiger partial charge is 0.363 e. The van der Waals surface area contributed by atoms with Crippen LogP contribution in [0.15, 0.2) is 60.7 Å². The Balaban J connectivity index is 1.64. The Morgan fingerprint density at radius 2 is 1.91 bits per heavy atom. The molecule has 0 amide bonds. The standard InChI is InChI=1S/C21H24N2/c1-2-21-22-19-10-6-7-11-20(19)23(21)18-14-12-17(13-15-18)16-8-4-3-5-9-16/h4,6-8,10-16,21-22H,2-3,5,9H2,1H3. The summed E-state index contributed by atoms with van der Waals surface area (Å²) in [4.78, 5) is 2.43. The van der Waals surface area contributed by atoms with E-state index in [-0.39, 0.29) is 0 Å². The van der Waals surface area contributed by atoms with E-state index in [1.54, 1.807) is 0 Å². The number of hydrogen-bond donors (Lipinski definition) is 1. The molecule has 2 atom stereocenters. The molecule has 0 fully saturated rings. The van der Waals surface area contributed by atoms with Gasteiger partial charge in [0.25, 0.3) is 0 Å². The third-order valence-electron chi connectivity index (χ3n) is 5.04. The van der Waals surface area contributed by atoms with Crippen LogP contribution in [0.2, 0.25) is 0 Å². The second-order valence-corrected chi connectivity index (χ2v) is 6.51. The first kappa shape index (κ1) is 14.4. The number of para-hydroxylation sites is 2. The second kappa shape index (κ2) is 6.11. The molecule has 1 N–H and O–H groups in total. The molecule has 0 spiro atoms. The van der Waals surface area contributed by atoms with E-state index in [4.69, 9.17) is 0 Å². The third-order valence-corrected chi connectivity index (χ3v) is 5.04. The SMILES string of the molecule is CCC1Nc2ccccc2N1c1ccc(C2C=CCCC2)cc1. The van der Waals surface area contributed by atoms with Crippen LogP contribution in [-0.2, 0) is 0 Å². The van der Waals surface area contributed by atoms with E-state index in [1.807, 2.05) is 0 Å². The quantitative estimate of drug-likeness (QED) is 0.720. The Kier molecular flexibility index (Phi) is 3.82. The molecule has 2 aliphatic rings. The third kappa shape index (κ3) is 2.63. The summed E-state index contributed by atoms with van der Waals surface area (Å²) in [5, 5.41) is 3.63. The average molecular weight is 304 g/mol. The molecular weight excluding hydrogens is 280 g/mol. The smallest absolute Gasteiger partial charge is 0.104 e. The van der Waals surface area contributed by atoms with E-state index in [0.29, 0.717) is 12.1 Å². The van der Waals surface area contributed by atoms with Gasteiger partial charge >= 0.3 is 0 Å². The van der Waals surface area contributed by atoms with Crippen molar-refractivity contribution in [2.45, 2.75) is 44.7 Å². The summed E-state index contributed by atoms with van der Waals surface area (Å²) in [6, 6.07) is 17.8. The molecule has 1 aliphatic carbocycles. The van der Waals surface area contributed by atoms with Gasteiger partial charge in [-0.15, -0.1) is 0 Å². The number of rotatable bonds is 3. The highest BCUT2D eigenvalue weighted by Crippen LogP contribution is 2.41. The van der Waals surface area contributed by atoms with Crippen molar-refractivity contribution < 1.29 is 0 Å². The van der Waals surface area contributed by atoms with Gasteiger partial charge in [-0.3, -0.25) is 0 Å². The van der Waals surface area contributed by atoms with Gasteiger partial charge in [-0.1, -0.05) is 43.3 Å². The van der Waals surface area contributed by atoms with Gasteiger partial charge in [-0.2, -0.15) is 0 Å². The molecule has 0 aromatic heterocycles. The van der Waals surface area contributed by atoms with E-state index in [9.17, 15) is 0 Å². The fraction of sp³-hybridized carbons (Fsp3) is 0.333. The zero-order valence-corrected chi connectivity index (χ0v) is 13.7. The van der Waals surface area contributed by atoms with E-state index in [2.05, 4.69) is 77.8 Å². The first-order chi connectivity index (χ1) is 11.4. The van der Waals surface area contributed by atoms with E-state index in [1.165, 1.54) is 41.9 Å². The highest BCUT2D eigenvalue weighted by Gasteiger charge is 2.28. The highest BCUT2D eigenvalue weighted by molar-refractivity contribution is 5.82. The van der Waals surface area contributed by atoms with Crippen LogP contribution < -0.4 is 10.2 Å². The molecule has 2 unspecified atom stereocenters. The lowest BCUT2D eigenvalue weighted by Gasteiger charge is -2.27. The summed E-state index contributed by atoms with van der Waals surface area (Å²) in [5.74, 6) is 0.601. The van der Waals surface area contributed by atoms with Crippen LogP contribution in [0.4, 0.5) is 17.1 Å². The Morgan fingerprint density at radius 3 is 2.65 bits per heavy atom. The summed E-state index contributed by atoms with van der Waals surface area (Å²) in [5.41, 5.74) is 5.24. The molecule has 0 bridgehead atoms. The number of anilines is 3. The van der Waals surface area contributed by atoms with Gasteiger partial charge in [0.15, 0.2) is 0 Å². The zero-order valence-electron chi connectivity index (χ0n) is 13.7. The molecule has 0 radical (unpaired) electrons. The minimum absolute atomic E-state index is 0.341. The van der Waals surface area contributed by atoms with Gasteiger partial charge in [-0.25, -0.2) is 0 Å². The number of allylic oxidation sites excluding steroid dienone is 2. The van der Waals surface area contributed by atoms with Gasteiger partial charge in [0, 0.05) is 11.6 Å². The molecule has 0 saturated carbocycles. The summed E-state index contributed by atoms with van der Waals surface area (Å²) in [7, 11) is 0. The summed E-state index contributed by atoms with van der Waals surface area (Å²) in [6.45, 7) is 2.23. The first-order valence-electron chi connectivity index (χ1n) is 8.78. The van der Waals surface area contributed by atoms with Crippen molar-refractivity contribution in [3.05, 3.63) is 66.2 Å². The monoisotopic (exact) mass is 304 g/mol. The molecule has 118 valence electrons. The topological polar surface area (TPSA) is 15.3 Å². The van der Waals surface area contributed by atoms with Crippen molar-refractivity contribution in [3.8, 4) is 0 Å². The maximum atomic E-state index is 3.63. The normalized spacial score (nSPS) is 22.7. The lowest BCUT2D eigenvalue weighted by Crippen LogP contribution is -2.30. The average Bonchev–Trinajstić information content (AvgIpc) is 3.01. The Bertz CT molecular complexity index is 702. The fourth-order valence-electron chi connectivity index (χ4n) is 3.79. The number of fused-ring (bicyclic) bond motifs is 1. The minimum atomic E-state index is 0.341. The van der Waals surface area contributed by atoms with Crippen molar-refractivity contribution in [2.24, 2.45) is 0 Å². The van der Waals surface area contributed by atoms with Crippen molar-refractivity contribution in [3.63, 3.8) is 0 Å². The number of benzene rings is 2. The van der Waals surface area contributed by atoms with Gasteiger partial charge in [0.2, 0.25) is 0 Å². The van der Waals surface area contributed by atoms with Crippen molar-refractivity contribution in [1.29, 1.82) is 0 Å². The summed E-state index contributed by atoms with van der Waals surface area (Å²) in [6.07, 6.45) is 9.94. The Hall–Kier alpha value is -2.22. The Morgan fingerprint density at radius 1 is 1.09 bits per heavy atom. The first-order valence-corrected chi connectivity index (χ1v) is 8.78. The van der Waals surface area contributed by atoms with Crippen molar-refractivity contribution in [2.75, 3.05) is 10.2 Å². The number of hydrogen-bond acceptors (Lipinski definition) is 2. The van der Waals surface area contributed by atoms with Crippen LogP contribution in [0.1, 0.15) is 44.1 Å². The second-order valence-electron chi connectivity index (χ2n) is 6.51. The fourth-order valence-corrected chi connectivity index (χ4v) is 3.79. The van der Waals surface area contributed by atoms with Crippen molar-refractivity contribution in [1.82, 2.24) is 0 Å². The van der Waals surface area contributed by atoms with E-state index >= 15 is 0 Å². The zero-order chi connectivity index (χ0) is 15.6. The highest BCUT2D eigenvalue weighted by atomic mass is 15.3. The molecule has 2 aromatic carbocycles. The lowest BCUT2D eigenvalue weighted by atomic mass is 9.89. The van der Waals surface area contributed by atoms with Crippen molar-refractivity contribution >= 4 is 17.1 Å². The van der Waals surface area contributed by atoms with Gasteiger partial charge < -0.3 is 10.2 Å². The minimum Gasteiger partial charge on any atom is -0.363 e. The summed E-state index contributed by atoms with van der Waals surface area (Å²) < 4.78 is 0. The predicted octanol–water partition coefficient (Wildman–Crippen LogP) is 5.81. The van der Waals surface area contributed by atoms with Gasteiger partial charge in [-0.05, 0) is 55.5 Å². The van der Waals surface area contributed by atoms with Crippen LogP contribution in [-0.4, -0.2) is 6.17 Å². The number of nitrogens with one attached hydrogen (secondary N) is 1. The van der Waals surface area contributed by atoms with E-state index in [0.717, 1.165) is 6.42 Å².